The summed E-state index contributed by atoms with van der Waals surface area (Å²) in [4.78, 5) is 12.6. The van der Waals surface area contributed by atoms with E-state index >= 15 is 0 Å². The van der Waals surface area contributed by atoms with Crippen molar-refractivity contribution in [3.05, 3.63) is 62.4 Å². The molecule has 0 atom stereocenters. The Balaban J connectivity index is 1.98. The number of rotatable bonds is 2. The highest BCUT2D eigenvalue weighted by molar-refractivity contribution is 9.10. The van der Waals surface area contributed by atoms with Crippen molar-refractivity contribution in [1.29, 1.82) is 0 Å². The van der Waals surface area contributed by atoms with Crippen molar-refractivity contribution in [2.75, 3.05) is 5.32 Å². The molecule has 124 valence electrons. The fourth-order valence-electron chi connectivity index (χ4n) is 2.20. The minimum absolute atomic E-state index is 0.168. The first-order valence-corrected chi connectivity index (χ1v) is 8.61. The van der Waals surface area contributed by atoms with Crippen LogP contribution in [0.4, 0.5) is 18.9 Å². The first kappa shape index (κ1) is 17.3. The lowest BCUT2D eigenvalue weighted by molar-refractivity contribution is -0.136. The number of carbonyl (C=O) groups is 1. The summed E-state index contributed by atoms with van der Waals surface area (Å²) in [5, 5.41) is 3.21. The summed E-state index contributed by atoms with van der Waals surface area (Å²) in [6, 6.07) is 10.1. The minimum Gasteiger partial charge on any atom is -0.321 e. The highest BCUT2D eigenvalue weighted by Crippen LogP contribution is 2.38. The van der Waals surface area contributed by atoms with E-state index in [2.05, 4.69) is 21.2 Å². The number of hydrogen-bond donors (Lipinski definition) is 1. The van der Waals surface area contributed by atoms with Gasteiger partial charge in [-0.1, -0.05) is 45.7 Å². The van der Waals surface area contributed by atoms with Crippen LogP contribution in [0.15, 0.2) is 46.9 Å². The molecule has 1 aromatic heterocycles. The Bertz CT molecular complexity index is 939. The second-order valence-electron chi connectivity index (χ2n) is 4.88. The van der Waals surface area contributed by atoms with Crippen molar-refractivity contribution in [3.8, 4) is 0 Å². The van der Waals surface area contributed by atoms with Crippen LogP contribution in [-0.4, -0.2) is 5.91 Å². The predicted octanol–water partition coefficient (Wildman–Crippen LogP) is 6.59. The zero-order chi connectivity index (χ0) is 17.5. The Labute approximate surface area is 152 Å². The summed E-state index contributed by atoms with van der Waals surface area (Å²) in [6.07, 6.45) is -4.56. The molecule has 0 unspecified atom stereocenters. The molecule has 0 bridgehead atoms. The zero-order valence-electron chi connectivity index (χ0n) is 11.7. The van der Waals surface area contributed by atoms with Gasteiger partial charge in [-0.25, -0.2) is 0 Å². The van der Waals surface area contributed by atoms with Gasteiger partial charge in [0.05, 0.1) is 16.3 Å². The molecule has 0 aliphatic heterocycles. The molecule has 0 aliphatic carbocycles. The maximum atomic E-state index is 13.0. The molecular weight excluding hydrogens is 427 g/mol. The number of amides is 1. The van der Waals surface area contributed by atoms with Crippen LogP contribution in [0.3, 0.4) is 0 Å². The Morgan fingerprint density at radius 2 is 1.88 bits per heavy atom. The first-order valence-electron chi connectivity index (χ1n) is 6.62. The second-order valence-corrected chi connectivity index (χ2v) is 7.23. The fourth-order valence-corrected chi connectivity index (χ4v) is 4.17. The van der Waals surface area contributed by atoms with Gasteiger partial charge in [-0.2, -0.15) is 13.2 Å². The number of nitrogens with one attached hydrogen (secondary N) is 1. The van der Waals surface area contributed by atoms with Crippen molar-refractivity contribution in [3.63, 3.8) is 0 Å². The lowest BCUT2D eigenvalue weighted by Gasteiger charge is -2.13. The van der Waals surface area contributed by atoms with Gasteiger partial charge in [-0.3, -0.25) is 4.79 Å². The van der Waals surface area contributed by atoms with Crippen LogP contribution >= 0.6 is 38.9 Å². The Morgan fingerprint density at radius 1 is 1.17 bits per heavy atom. The number of alkyl halides is 3. The van der Waals surface area contributed by atoms with E-state index in [9.17, 15) is 18.0 Å². The predicted molar refractivity (Wildman–Crippen MR) is 93.9 cm³/mol. The first-order chi connectivity index (χ1) is 11.3. The number of fused-ring (bicyclic) bond motifs is 1. The van der Waals surface area contributed by atoms with E-state index in [0.29, 0.717) is 5.39 Å². The number of carbonyl (C=O) groups excluding carboxylic acids is 1. The number of halogens is 5. The van der Waals surface area contributed by atoms with Crippen LogP contribution < -0.4 is 5.32 Å². The molecule has 0 aliphatic rings. The van der Waals surface area contributed by atoms with Crippen LogP contribution in [0, 0.1) is 0 Å². The van der Waals surface area contributed by atoms with E-state index < -0.39 is 17.6 Å². The number of benzene rings is 2. The van der Waals surface area contributed by atoms with E-state index in [4.69, 9.17) is 11.6 Å². The van der Waals surface area contributed by atoms with Crippen LogP contribution in [0.1, 0.15) is 15.2 Å². The van der Waals surface area contributed by atoms with Crippen molar-refractivity contribution < 1.29 is 18.0 Å². The molecule has 3 rings (SSSR count). The van der Waals surface area contributed by atoms with Gasteiger partial charge in [0.25, 0.3) is 5.91 Å². The number of anilines is 1. The maximum Gasteiger partial charge on any atom is 0.418 e. The molecule has 3 aromatic rings. The van der Waals surface area contributed by atoms with Gasteiger partial charge < -0.3 is 5.32 Å². The number of thiophene rings is 1. The highest BCUT2D eigenvalue weighted by atomic mass is 79.9. The van der Waals surface area contributed by atoms with Crippen molar-refractivity contribution in [2.45, 2.75) is 6.18 Å². The van der Waals surface area contributed by atoms with Gasteiger partial charge in [-0.15, -0.1) is 11.3 Å². The standard InChI is InChI=1S/C16H8BrClF3NOS/c17-8-5-6-9-12(7-8)24-14(13(9)18)15(23)22-11-4-2-1-3-10(11)16(19,20)21/h1-7H,(H,22,23). The average molecular weight is 435 g/mol. The van der Waals surface area contributed by atoms with Crippen molar-refractivity contribution >= 4 is 60.5 Å². The summed E-state index contributed by atoms with van der Waals surface area (Å²) in [5.74, 6) is -0.672. The molecule has 0 radical (unpaired) electrons. The van der Waals surface area contributed by atoms with E-state index in [1.807, 2.05) is 0 Å². The van der Waals surface area contributed by atoms with Gasteiger partial charge >= 0.3 is 6.18 Å². The third-order valence-corrected chi connectivity index (χ3v) is 5.43. The van der Waals surface area contributed by atoms with Crippen LogP contribution in [0.2, 0.25) is 5.02 Å². The monoisotopic (exact) mass is 433 g/mol. The maximum absolute atomic E-state index is 13.0. The molecule has 0 saturated heterocycles. The molecule has 1 amide bonds. The smallest absolute Gasteiger partial charge is 0.321 e. The van der Waals surface area contributed by atoms with Crippen molar-refractivity contribution in [1.82, 2.24) is 0 Å². The van der Waals surface area contributed by atoms with E-state index in [-0.39, 0.29) is 15.6 Å². The second kappa shape index (κ2) is 6.38. The summed E-state index contributed by atoms with van der Waals surface area (Å²) >= 11 is 10.7. The molecule has 1 N–H and O–H groups in total. The van der Waals surface area contributed by atoms with E-state index in [1.54, 1.807) is 18.2 Å². The molecule has 1 heterocycles. The van der Waals surface area contributed by atoms with Crippen LogP contribution in [0.25, 0.3) is 10.1 Å². The van der Waals surface area contributed by atoms with Gasteiger partial charge in [0.15, 0.2) is 0 Å². The number of para-hydroxylation sites is 1. The lowest BCUT2D eigenvalue weighted by Crippen LogP contribution is -2.15. The largest absolute Gasteiger partial charge is 0.418 e. The van der Waals surface area contributed by atoms with Crippen LogP contribution in [-0.2, 0) is 6.18 Å². The summed E-state index contributed by atoms with van der Waals surface area (Å²) in [6.45, 7) is 0. The Kier molecular flexibility index (Phi) is 4.59. The molecule has 2 nitrogen and oxygen atoms in total. The molecule has 24 heavy (non-hydrogen) atoms. The van der Waals surface area contributed by atoms with Gasteiger partial charge in [0.2, 0.25) is 0 Å². The molecule has 8 heteroatoms. The Morgan fingerprint density at radius 3 is 2.58 bits per heavy atom. The normalized spacial score (nSPS) is 11.7. The van der Waals surface area contributed by atoms with E-state index in [1.165, 1.54) is 18.2 Å². The number of hydrogen-bond acceptors (Lipinski definition) is 2. The molecular formula is C16H8BrClF3NOS. The van der Waals surface area contributed by atoms with Gasteiger partial charge in [-0.05, 0) is 24.3 Å². The third kappa shape index (κ3) is 3.29. The average Bonchev–Trinajstić information content (AvgIpc) is 2.83. The summed E-state index contributed by atoms with van der Waals surface area (Å²) in [5.41, 5.74) is -1.21. The topological polar surface area (TPSA) is 29.1 Å². The van der Waals surface area contributed by atoms with E-state index in [0.717, 1.165) is 26.6 Å². The zero-order valence-corrected chi connectivity index (χ0v) is 14.9. The Hall–Kier alpha value is -1.57. The quantitative estimate of drug-likeness (QED) is 0.484. The van der Waals surface area contributed by atoms with Gasteiger partial charge in [0, 0.05) is 14.6 Å². The molecule has 2 aromatic carbocycles. The van der Waals surface area contributed by atoms with Gasteiger partial charge in [0.1, 0.15) is 4.88 Å². The third-order valence-electron chi connectivity index (χ3n) is 3.28. The lowest BCUT2D eigenvalue weighted by atomic mass is 10.1. The highest BCUT2D eigenvalue weighted by Gasteiger charge is 2.33. The molecule has 0 spiro atoms. The molecule has 0 saturated carbocycles. The summed E-state index contributed by atoms with van der Waals surface area (Å²) in [7, 11) is 0. The van der Waals surface area contributed by atoms with Crippen LogP contribution in [0.5, 0.6) is 0 Å². The SMILES string of the molecule is O=C(Nc1ccccc1C(F)(F)F)c1sc2cc(Br)ccc2c1Cl. The fraction of sp³-hybridized carbons (Fsp3) is 0.0625. The van der Waals surface area contributed by atoms with Crippen molar-refractivity contribution in [2.24, 2.45) is 0 Å². The molecule has 0 fully saturated rings. The minimum atomic E-state index is -4.56. The summed E-state index contributed by atoms with van der Waals surface area (Å²) < 4.78 is 40.6.